The van der Waals surface area contributed by atoms with Crippen LogP contribution in [0.3, 0.4) is 0 Å². The van der Waals surface area contributed by atoms with Crippen LogP contribution < -0.4 is 14.8 Å². The van der Waals surface area contributed by atoms with Crippen molar-refractivity contribution in [1.82, 2.24) is 0 Å². The topological polar surface area (TPSA) is 30.5 Å². The van der Waals surface area contributed by atoms with Crippen molar-refractivity contribution in [1.29, 1.82) is 0 Å². The number of anilines is 1. The molecular formula is C13H20ClNO2. The lowest BCUT2D eigenvalue weighted by molar-refractivity contribution is 0.399. The Morgan fingerprint density at radius 1 is 1.18 bits per heavy atom. The average Bonchev–Trinajstić information content (AvgIpc) is 2.34. The predicted octanol–water partition coefficient (Wildman–Crippen LogP) is 3.36. The highest BCUT2D eigenvalue weighted by atomic mass is 35.5. The predicted molar refractivity (Wildman–Crippen MR) is 72.8 cm³/mol. The Kier molecular flexibility index (Phi) is 5.42. The molecule has 0 aliphatic heterocycles. The molecule has 0 radical (unpaired) electrons. The number of benzene rings is 1. The Labute approximate surface area is 108 Å². The van der Waals surface area contributed by atoms with Gasteiger partial charge in [-0.15, -0.1) is 11.6 Å². The molecule has 0 spiro atoms. The van der Waals surface area contributed by atoms with E-state index >= 15 is 0 Å². The van der Waals surface area contributed by atoms with E-state index in [9.17, 15) is 0 Å². The molecule has 1 rings (SSSR count). The van der Waals surface area contributed by atoms with E-state index in [0.717, 1.165) is 41.3 Å². The first kappa shape index (κ1) is 14.0. The lowest BCUT2D eigenvalue weighted by atomic mass is 10.1. The Balaban J connectivity index is 3.04. The number of alkyl halides is 1. The van der Waals surface area contributed by atoms with Gasteiger partial charge < -0.3 is 14.8 Å². The third kappa shape index (κ3) is 3.19. The molecule has 4 heteroatoms. The molecule has 0 bridgehead atoms. The lowest BCUT2D eigenvalue weighted by Gasteiger charge is -2.17. The maximum absolute atomic E-state index is 5.66. The summed E-state index contributed by atoms with van der Waals surface area (Å²) >= 11 is 5.66. The molecule has 0 aliphatic rings. The van der Waals surface area contributed by atoms with Gasteiger partial charge in [-0.1, -0.05) is 0 Å². The molecular weight excluding hydrogens is 238 g/mol. The first-order valence-corrected chi connectivity index (χ1v) is 6.21. The fourth-order valence-corrected chi connectivity index (χ4v) is 1.89. The lowest BCUT2D eigenvalue weighted by Crippen LogP contribution is -2.06. The maximum Gasteiger partial charge on any atom is 0.145 e. The summed E-state index contributed by atoms with van der Waals surface area (Å²) < 4.78 is 10.8. The SMILES string of the molecule is COc1cc(NCCCCl)c(OC)c(C)c1C. The van der Waals surface area contributed by atoms with Crippen molar-refractivity contribution < 1.29 is 9.47 Å². The zero-order valence-electron chi connectivity index (χ0n) is 10.9. The Morgan fingerprint density at radius 3 is 2.41 bits per heavy atom. The number of hydrogen-bond donors (Lipinski definition) is 1. The molecule has 0 atom stereocenters. The highest BCUT2D eigenvalue weighted by molar-refractivity contribution is 6.17. The van der Waals surface area contributed by atoms with Crippen molar-refractivity contribution in [2.24, 2.45) is 0 Å². The first-order chi connectivity index (χ1) is 8.15. The van der Waals surface area contributed by atoms with Crippen molar-refractivity contribution in [3.63, 3.8) is 0 Å². The Morgan fingerprint density at radius 2 is 1.88 bits per heavy atom. The second-order valence-electron chi connectivity index (χ2n) is 3.88. The summed E-state index contributed by atoms with van der Waals surface area (Å²) in [7, 11) is 3.36. The molecule has 0 fully saturated rings. The van der Waals surface area contributed by atoms with Crippen molar-refractivity contribution in [3.05, 3.63) is 17.2 Å². The number of halogens is 1. The largest absolute Gasteiger partial charge is 0.496 e. The van der Waals surface area contributed by atoms with Crippen LogP contribution in [-0.2, 0) is 0 Å². The van der Waals surface area contributed by atoms with E-state index < -0.39 is 0 Å². The second kappa shape index (κ2) is 6.60. The van der Waals surface area contributed by atoms with E-state index in [0.29, 0.717) is 5.88 Å². The normalized spacial score (nSPS) is 10.2. The molecule has 1 aromatic carbocycles. The summed E-state index contributed by atoms with van der Waals surface area (Å²) in [4.78, 5) is 0. The summed E-state index contributed by atoms with van der Waals surface area (Å²) in [5, 5.41) is 3.32. The fraction of sp³-hybridized carbons (Fsp3) is 0.538. The van der Waals surface area contributed by atoms with Gasteiger partial charge in [0.25, 0.3) is 0 Å². The van der Waals surface area contributed by atoms with Gasteiger partial charge in [-0.05, 0) is 31.4 Å². The van der Waals surface area contributed by atoms with E-state index in [1.807, 2.05) is 19.9 Å². The van der Waals surface area contributed by atoms with E-state index in [1.54, 1.807) is 14.2 Å². The van der Waals surface area contributed by atoms with Crippen molar-refractivity contribution in [2.45, 2.75) is 20.3 Å². The minimum atomic E-state index is 0.650. The van der Waals surface area contributed by atoms with E-state index in [2.05, 4.69) is 5.32 Å². The number of nitrogens with one attached hydrogen (secondary N) is 1. The molecule has 1 aromatic rings. The van der Waals surface area contributed by atoms with Crippen LogP contribution >= 0.6 is 11.6 Å². The van der Waals surface area contributed by atoms with Gasteiger partial charge >= 0.3 is 0 Å². The van der Waals surface area contributed by atoms with Gasteiger partial charge in [-0.25, -0.2) is 0 Å². The van der Waals surface area contributed by atoms with Crippen LogP contribution in [-0.4, -0.2) is 26.6 Å². The number of rotatable bonds is 6. The third-order valence-electron chi connectivity index (χ3n) is 2.84. The summed E-state index contributed by atoms with van der Waals surface area (Å²) in [6, 6.07) is 1.97. The summed E-state index contributed by atoms with van der Waals surface area (Å²) in [5.41, 5.74) is 3.16. The van der Waals surface area contributed by atoms with E-state index in [1.165, 1.54) is 0 Å². The summed E-state index contributed by atoms with van der Waals surface area (Å²) in [5.74, 6) is 2.40. The average molecular weight is 258 g/mol. The van der Waals surface area contributed by atoms with Crippen molar-refractivity contribution in [3.8, 4) is 11.5 Å². The summed E-state index contributed by atoms with van der Waals surface area (Å²) in [6.45, 7) is 4.88. The van der Waals surface area contributed by atoms with Crippen LogP contribution in [0, 0.1) is 13.8 Å². The standard InChI is InChI=1S/C13H20ClNO2/c1-9-10(2)13(17-4)11(8-12(9)16-3)15-7-5-6-14/h8,15H,5-7H2,1-4H3. The van der Waals surface area contributed by atoms with Gasteiger partial charge in [0.15, 0.2) is 0 Å². The fourth-order valence-electron chi connectivity index (χ4n) is 1.76. The maximum atomic E-state index is 5.66. The van der Waals surface area contributed by atoms with Gasteiger partial charge in [-0.3, -0.25) is 0 Å². The number of hydrogen-bond acceptors (Lipinski definition) is 3. The van der Waals surface area contributed by atoms with Gasteiger partial charge in [-0.2, -0.15) is 0 Å². The first-order valence-electron chi connectivity index (χ1n) is 5.67. The van der Waals surface area contributed by atoms with Crippen LogP contribution in [0.2, 0.25) is 0 Å². The van der Waals surface area contributed by atoms with Crippen LogP contribution in [0.15, 0.2) is 6.07 Å². The highest BCUT2D eigenvalue weighted by Crippen LogP contribution is 2.36. The second-order valence-corrected chi connectivity index (χ2v) is 4.26. The zero-order chi connectivity index (χ0) is 12.8. The molecule has 0 unspecified atom stereocenters. The molecule has 3 nitrogen and oxygen atoms in total. The molecule has 0 aliphatic carbocycles. The monoisotopic (exact) mass is 257 g/mol. The van der Waals surface area contributed by atoms with Crippen LogP contribution in [0.1, 0.15) is 17.5 Å². The molecule has 96 valence electrons. The van der Waals surface area contributed by atoms with Crippen LogP contribution in [0.4, 0.5) is 5.69 Å². The van der Waals surface area contributed by atoms with Gasteiger partial charge in [0, 0.05) is 18.5 Å². The Hall–Kier alpha value is -1.09. The minimum Gasteiger partial charge on any atom is -0.496 e. The Bertz CT molecular complexity index is 380. The van der Waals surface area contributed by atoms with Crippen LogP contribution in [0.5, 0.6) is 11.5 Å². The molecule has 0 saturated carbocycles. The van der Waals surface area contributed by atoms with E-state index in [4.69, 9.17) is 21.1 Å². The van der Waals surface area contributed by atoms with Crippen molar-refractivity contribution in [2.75, 3.05) is 32.0 Å². The molecule has 0 saturated heterocycles. The van der Waals surface area contributed by atoms with Crippen molar-refractivity contribution >= 4 is 17.3 Å². The number of methoxy groups -OCH3 is 2. The third-order valence-corrected chi connectivity index (χ3v) is 3.11. The van der Waals surface area contributed by atoms with Crippen LogP contribution in [0.25, 0.3) is 0 Å². The van der Waals surface area contributed by atoms with Gasteiger partial charge in [0.1, 0.15) is 11.5 Å². The molecule has 0 aromatic heterocycles. The molecule has 0 heterocycles. The molecule has 0 amide bonds. The van der Waals surface area contributed by atoms with Gasteiger partial charge in [0.05, 0.1) is 19.9 Å². The zero-order valence-corrected chi connectivity index (χ0v) is 11.6. The van der Waals surface area contributed by atoms with E-state index in [-0.39, 0.29) is 0 Å². The summed E-state index contributed by atoms with van der Waals surface area (Å²) in [6.07, 6.45) is 0.917. The quantitative estimate of drug-likeness (QED) is 0.626. The smallest absolute Gasteiger partial charge is 0.145 e. The molecule has 1 N–H and O–H groups in total. The van der Waals surface area contributed by atoms with Gasteiger partial charge in [0.2, 0.25) is 0 Å². The number of ether oxygens (including phenoxy) is 2. The highest BCUT2D eigenvalue weighted by Gasteiger charge is 2.13. The molecule has 17 heavy (non-hydrogen) atoms. The minimum absolute atomic E-state index is 0.650.